The number of carbonyl (C=O) groups is 1. The first-order valence-electron chi connectivity index (χ1n) is 6.84. The van der Waals surface area contributed by atoms with Gasteiger partial charge in [0.2, 0.25) is 5.13 Å². The highest BCUT2D eigenvalue weighted by atomic mass is 32.1. The molecule has 0 aliphatic carbocycles. The Bertz CT molecular complexity index is 888. The molecule has 0 unspecified atom stereocenters. The van der Waals surface area contributed by atoms with E-state index in [9.17, 15) is 9.59 Å². The number of benzene rings is 1. The van der Waals surface area contributed by atoms with E-state index in [4.69, 9.17) is 0 Å². The van der Waals surface area contributed by atoms with Crippen LogP contribution >= 0.6 is 11.3 Å². The van der Waals surface area contributed by atoms with E-state index in [1.54, 1.807) is 0 Å². The predicted molar refractivity (Wildman–Crippen MR) is 86.6 cm³/mol. The van der Waals surface area contributed by atoms with Gasteiger partial charge in [-0.15, -0.1) is 10.2 Å². The average Bonchev–Trinajstić information content (AvgIpc) is 2.98. The van der Waals surface area contributed by atoms with Gasteiger partial charge in [-0.1, -0.05) is 41.7 Å². The van der Waals surface area contributed by atoms with Crippen LogP contribution in [0.3, 0.4) is 0 Å². The van der Waals surface area contributed by atoms with Gasteiger partial charge in [-0.3, -0.25) is 14.9 Å². The summed E-state index contributed by atoms with van der Waals surface area (Å²) in [5.74, 6) is -0.428. The molecule has 0 bridgehead atoms. The van der Waals surface area contributed by atoms with E-state index in [1.165, 1.54) is 30.5 Å². The minimum Gasteiger partial charge on any atom is -0.295 e. The highest BCUT2D eigenvalue weighted by molar-refractivity contribution is 7.15. The number of aryl methyl sites for hydroxylation is 1. The number of aromatic nitrogens is 4. The van der Waals surface area contributed by atoms with Crippen molar-refractivity contribution in [3.05, 3.63) is 69.1 Å². The number of carbonyl (C=O) groups excluding carboxylic acids is 1. The molecule has 0 aliphatic heterocycles. The van der Waals surface area contributed by atoms with Crippen LogP contribution in [0.5, 0.6) is 0 Å². The second-order valence-corrected chi connectivity index (χ2v) is 5.86. The molecule has 0 spiro atoms. The molecule has 0 aliphatic rings. The zero-order chi connectivity index (χ0) is 16.2. The molecule has 8 heteroatoms. The summed E-state index contributed by atoms with van der Waals surface area (Å²) in [4.78, 5) is 23.4. The van der Waals surface area contributed by atoms with E-state index in [-0.39, 0.29) is 11.3 Å². The first-order chi connectivity index (χ1) is 11.1. The van der Waals surface area contributed by atoms with Gasteiger partial charge in [0.25, 0.3) is 11.5 Å². The van der Waals surface area contributed by atoms with Gasteiger partial charge in [0.05, 0.1) is 0 Å². The molecule has 2 aromatic heterocycles. The number of amides is 1. The lowest BCUT2D eigenvalue weighted by atomic mass is 10.2. The Morgan fingerprint density at radius 3 is 2.70 bits per heavy atom. The van der Waals surface area contributed by atoms with Gasteiger partial charge in [-0.05, 0) is 11.6 Å². The minimum absolute atomic E-state index is 0.145. The molecule has 3 rings (SSSR count). The SMILES string of the molecule is Cn1nc(C(=O)Nc2nnc(Cc3ccccc3)s2)ccc1=O. The van der Waals surface area contributed by atoms with Crippen LogP contribution in [0.15, 0.2) is 47.3 Å². The smallest absolute Gasteiger partial charge is 0.277 e. The van der Waals surface area contributed by atoms with E-state index in [2.05, 4.69) is 20.6 Å². The monoisotopic (exact) mass is 327 g/mol. The summed E-state index contributed by atoms with van der Waals surface area (Å²) < 4.78 is 1.11. The maximum atomic E-state index is 12.1. The highest BCUT2D eigenvalue weighted by Gasteiger charge is 2.12. The van der Waals surface area contributed by atoms with E-state index in [0.29, 0.717) is 11.6 Å². The molecule has 0 atom stereocenters. The fourth-order valence-corrected chi connectivity index (χ4v) is 2.70. The first-order valence-corrected chi connectivity index (χ1v) is 7.65. The lowest BCUT2D eigenvalue weighted by molar-refractivity contribution is 0.102. The maximum Gasteiger partial charge on any atom is 0.277 e. The minimum atomic E-state index is -0.428. The van der Waals surface area contributed by atoms with Crippen LogP contribution in [0.4, 0.5) is 5.13 Å². The van der Waals surface area contributed by atoms with Gasteiger partial charge in [0.15, 0.2) is 0 Å². The normalized spacial score (nSPS) is 10.5. The summed E-state index contributed by atoms with van der Waals surface area (Å²) in [6, 6.07) is 12.6. The Morgan fingerprint density at radius 1 is 1.17 bits per heavy atom. The number of nitrogens with zero attached hydrogens (tertiary/aromatic N) is 4. The van der Waals surface area contributed by atoms with Crippen LogP contribution < -0.4 is 10.9 Å². The zero-order valence-corrected chi connectivity index (χ0v) is 13.1. The van der Waals surface area contributed by atoms with Crippen molar-refractivity contribution < 1.29 is 4.79 Å². The van der Waals surface area contributed by atoms with Gasteiger partial charge in [-0.2, -0.15) is 5.10 Å². The van der Waals surface area contributed by atoms with Crippen LogP contribution in [-0.4, -0.2) is 25.9 Å². The maximum absolute atomic E-state index is 12.1. The molecule has 7 nitrogen and oxygen atoms in total. The summed E-state index contributed by atoms with van der Waals surface area (Å²) in [6.07, 6.45) is 0.659. The van der Waals surface area contributed by atoms with Gasteiger partial charge in [-0.25, -0.2) is 4.68 Å². The third-order valence-electron chi connectivity index (χ3n) is 3.08. The predicted octanol–water partition coefficient (Wildman–Crippen LogP) is 1.47. The summed E-state index contributed by atoms with van der Waals surface area (Å²) >= 11 is 1.31. The Morgan fingerprint density at radius 2 is 1.96 bits per heavy atom. The Kier molecular flexibility index (Phi) is 4.24. The fraction of sp³-hybridized carbons (Fsp3) is 0.133. The lowest BCUT2D eigenvalue weighted by Crippen LogP contribution is -2.23. The molecule has 1 N–H and O–H groups in total. The van der Waals surface area contributed by atoms with Gasteiger partial charge in [0.1, 0.15) is 10.7 Å². The van der Waals surface area contributed by atoms with E-state index >= 15 is 0 Å². The number of hydrogen-bond donors (Lipinski definition) is 1. The number of hydrogen-bond acceptors (Lipinski definition) is 6. The second-order valence-electron chi connectivity index (χ2n) is 4.80. The molecule has 0 fully saturated rings. The molecule has 0 saturated carbocycles. The van der Waals surface area contributed by atoms with Crippen LogP contribution in [0.2, 0.25) is 0 Å². The fourth-order valence-electron chi connectivity index (χ4n) is 1.93. The number of nitrogens with one attached hydrogen (secondary N) is 1. The van der Waals surface area contributed by atoms with E-state index < -0.39 is 5.91 Å². The third kappa shape index (κ3) is 3.67. The zero-order valence-electron chi connectivity index (χ0n) is 12.3. The van der Waals surface area contributed by atoms with Crippen LogP contribution in [-0.2, 0) is 13.5 Å². The van der Waals surface area contributed by atoms with E-state index in [1.807, 2.05) is 30.3 Å². The Balaban J connectivity index is 1.70. The lowest BCUT2D eigenvalue weighted by Gasteiger charge is -2.01. The molecule has 3 aromatic rings. The summed E-state index contributed by atoms with van der Waals surface area (Å²) in [6.45, 7) is 0. The van der Waals surface area contributed by atoms with Crippen molar-refractivity contribution in [2.75, 3.05) is 5.32 Å². The first kappa shape index (κ1) is 15.0. The Hall–Kier alpha value is -2.87. The molecule has 0 radical (unpaired) electrons. The second kappa shape index (κ2) is 6.49. The number of rotatable bonds is 4. The van der Waals surface area contributed by atoms with Gasteiger partial charge in [0, 0.05) is 19.5 Å². The summed E-state index contributed by atoms with van der Waals surface area (Å²) in [7, 11) is 1.49. The molecular formula is C15H13N5O2S. The Labute approximate surface area is 135 Å². The molecule has 2 heterocycles. The summed E-state index contributed by atoms with van der Waals surface area (Å²) in [5, 5.41) is 15.8. The quantitative estimate of drug-likeness (QED) is 0.784. The van der Waals surface area contributed by atoms with Crippen molar-refractivity contribution in [3.63, 3.8) is 0 Å². The van der Waals surface area contributed by atoms with Gasteiger partial charge >= 0.3 is 0 Å². The van der Waals surface area contributed by atoms with Crippen LogP contribution in [0.1, 0.15) is 21.1 Å². The van der Waals surface area contributed by atoms with Crippen LogP contribution in [0.25, 0.3) is 0 Å². The van der Waals surface area contributed by atoms with Crippen molar-refractivity contribution in [1.82, 2.24) is 20.0 Å². The van der Waals surface area contributed by atoms with Crippen molar-refractivity contribution in [2.24, 2.45) is 7.05 Å². The molecule has 116 valence electrons. The van der Waals surface area contributed by atoms with Crippen molar-refractivity contribution >= 4 is 22.4 Å². The number of anilines is 1. The molecule has 1 aromatic carbocycles. The van der Waals surface area contributed by atoms with Crippen molar-refractivity contribution in [1.29, 1.82) is 0 Å². The molecule has 0 saturated heterocycles. The van der Waals surface area contributed by atoms with Gasteiger partial charge < -0.3 is 0 Å². The molecule has 23 heavy (non-hydrogen) atoms. The van der Waals surface area contributed by atoms with Crippen molar-refractivity contribution in [3.8, 4) is 0 Å². The van der Waals surface area contributed by atoms with E-state index in [0.717, 1.165) is 15.3 Å². The summed E-state index contributed by atoms with van der Waals surface area (Å²) in [5.41, 5.74) is 0.996. The topological polar surface area (TPSA) is 89.8 Å². The highest BCUT2D eigenvalue weighted by Crippen LogP contribution is 2.18. The standard InChI is InChI=1S/C15H13N5O2S/c1-20-13(21)8-7-11(19-20)14(22)16-15-18-17-12(23-15)9-10-5-3-2-4-6-10/h2-8H,9H2,1H3,(H,16,18,22). The average molecular weight is 327 g/mol. The van der Waals surface area contributed by atoms with Crippen molar-refractivity contribution in [2.45, 2.75) is 6.42 Å². The largest absolute Gasteiger partial charge is 0.295 e. The third-order valence-corrected chi connectivity index (χ3v) is 3.92. The molecule has 1 amide bonds. The van der Waals surface area contributed by atoms with Crippen LogP contribution in [0, 0.1) is 0 Å². The molecular weight excluding hydrogens is 314 g/mol.